The lowest BCUT2D eigenvalue weighted by Crippen LogP contribution is -2.18. The highest BCUT2D eigenvalue weighted by molar-refractivity contribution is 5.43. The molecule has 1 aromatic rings. The Morgan fingerprint density at radius 3 is 2.93 bits per heavy atom. The van der Waals surface area contributed by atoms with E-state index in [4.69, 9.17) is 15.6 Å². The van der Waals surface area contributed by atoms with Crippen LogP contribution < -0.4 is 10.5 Å². The molecule has 0 saturated heterocycles. The molecule has 2 rings (SSSR count). The van der Waals surface area contributed by atoms with E-state index in [2.05, 4.69) is 0 Å². The molecule has 0 fully saturated rings. The minimum atomic E-state index is -1.03. The van der Waals surface area contributed by atoms with Gasteiger partial charge in [-0.1, -0.05) is 0 Å². The lowest BCUT2D eigenvalue weighted by molar-refractivity contribution is 0.262. The number of aliphatic hydroxyl groups excluding tert-OH is 1. The van der Waals surface area contributed by atoms with E-state index in [1.54, 1.807) is 0 Å². The van der Waals surface area contributed by atoms with E-state index in [0.717, 1.165) is 6.07 Å². The van der Waals surface area contributed by atoms with Gasteiger partial charge in [0.15, 0.2) is 0 Å². The molecular weight excluding hydrogens is 204 g/mol. The average Bonchev–Trinajstić information content (AvgIpc) is 2.65. The Kier molecular flexibility index (Phi) is 2.58. The van der Waals surface area contributed by atoms with E-state index < -0.39 is 24.3 Å². The Bertz CT molecular complexity index is 395. The highest BCUT2D eigenvalue weighted by Crippen LogP contribution is 2.33. The number of aliphatic hydroxyl groups is 1. The molecule has 1 aromatic carbocycles. The molecule has 3 nitrogen and oxygen atoms in total. The minimum absolute atomic E-state index is 0.235. The zero-order valence-corrected chi connectivity index (χ0v) is 7.96. The fourth-order valence-electron chi connectivity index (χ4n) is 1.71. The van der Waals surface area contributed by atoms with Crippen molar-refractivity contribution in [2.45, 2.75) is 12.5 Å². The van der Waals surface area contributed by atoms with Crippen molar-refractivity contribution in [3.05, 3.63) is 28.8 Å². The van der Waals surface area contributed by atoms with Crippen molar-refractivity contribution in [1.82, 2.24) is 0 Å². The van der Waals surface area contributed by atoms with Crippen LogP contribution in [0, 0.1) is 11.6 Å². The third-order valence-electron chi connectivity index (χ3n) is 2.49. The van der Waals surface area contributed by atoms with Crippen LogP contribution in [0.4, 0.5) is 8.78 Å². The fraction of sp³-hybridized carbons (Fsp3) is 0.400. The van der Waals surface area contributed by atoms with Crippen molar-refractivity contribution >= 4 is 0 Å². The molecule has 1 heterocycles. The maximum Gasteiger partial charge on any atom is 0.138 e. The molecule has 0 aromatic heterocycles. The number of hydrogen-bond donors (Lipinski definition) is 2. The van der Waals surface area contributed by atoms with Crippen LogP contribution in [0.25, 0.3) is 0 Å². The van der Waals surface area contributed by atoms with E-state index in [0.29, 0.717) is 18.6 Å². The summed E-state index contributed by atoms with van der Waals surface area (Å²) in [5.74, 6) is -1.22. The Morgan fingerprint density at radius 1 is 1.53 bits per heavy atom. The topological polar surface area (TPSA) is 55.5 Å². The second-order valence-electron chi connectivity index (χ2n) is 3.45. The molecule has 0 radical (unpaired) electrons. The number of rotatable bonds is 2. The molecule has 0 amide bonds. The highest BCUT2D eigenvalue weighted by atomic mass is 19.1. The first-order valence-electron chi connectivity index (χ1n) is 4.65. The van der Waals surface area contributed by atoms with Crippen molar-refractivity contribution in [1.29, 1.82) is 0 Å². The van der Waals surface area contributed by atoms with Gasteiger partial charge >= 0.3 is 0 Å². The summed E-state index contributed by atoms with van der Waals surface area (Å²) < 4.78 is 32.2. The predicted molar refractivity (Wildman–Crippen MR) is 49.6 cm³/mol. The Balaban J connectivity index is 2.56. The van der Waals surface area contributed by atoms with Gasteiger partial charge in [0.2, 0.25) is 0 Å². The molecule has 82 valence electrons. The van der Waals surface area contributed by atoms with Crippen LogP contribution in [-0.2, 0) is 6.42 Å². The van der Waals surface area contributed by atoms with E-state index in [9.17, 15) is 8.78 Å². The van der Waals surface area contributed by atoms with Crippen molar-refractivity contribution in [3.63, 3.8) is 0 Å². The zero-order chi connectivity index (χ0) is 11.0. The molecule has 3 N–H and O–H groups in total. The van der Waals surface area contributed by atoms with Crippen molar-refractivity contribution in [3.8, 4) is 5.75 Å². The first-order valence-corrected chi connectivity index (χ1v) is 4.65. The molecule has 15 heavy (non-hydrogen) atoms. The summed E-state index contributed by atoms with van der Waals surface area (Å²) in [7, 11) is 0. The van der Waals surface area contributed by atoms with E-state index in [1.165, 1.54) is 0 Å². The van der Waals surface area contributed by atoms with Gasteiger partial charge in [0.25, 0.3) is 0 Å². The van der Waals surface area contributed by atoms with Crippen LogP contribution >= 0.6 is 0 Å². The lowest BCUT2D eigenvalue weighted by Gasteiger charge is -2.13. The fourth-order valence-corrected chi connectivity index (χ4v) is 1.71. The first kappa shape index (κ1) is 10.3. The largest absolute Gasteiger partial charge is 0.493 e. The second kappa shape index (κ2) is 3.75. The van der Waals surface area contributed by atoms with E-state index in [1.807, 2.05) is 0 Å². The summed E-state index contributed by atoms with van der Waals surface area (Å²) in [6.07, 6.45) is 0.409. The Hall–Kier alpha value is -1.20. The monoisotopic (exact) mass is 215 g/mol. The van der Waals surface area contributed by atoms with E-state index in [-0.39, 0.29) is 11.3 Å². The molecule has 1 aliphatic heterocycles. The number of nitrogens with two attached hydrogens (primary N) is 1. The average molecular weight is 215 g/mol. The maximum atomic E-state index is 13.8. The zero-order valence-electron chi connectivity index (χ0n) is 7.96. The predicted octanol–water partition coefficient (Wildman–Crippen LogP) is 0.892. The number of ether oxygens (including phenoxy) is 1. The summed E-state index contributed by atoms with van der Waals surface area (Å²) in [4.78, 5) is 0. The number of fused-ring (bicyclic) bond motifs is 1. The summed E-state index contributed by atoms with van der Waals surface area (Å²) in [5.41, 5.74) is 5.50. The van der Waals surface area contributed by atoms with Crippen LogP contribution in [0.2, 0.25) is 0 Å². The van der Waals surface area contributed by atoms with Crippen molar-refractivity contribution in [2.24, 2.45) is 5.73 Å². The molecule has 0 bridgehead atoms. The minimum Gasteiger partial charge on any atom is -0.493 e. The lowest BCUT2D eigenvalue weighted by atomic mass is 10.0. The summed E-state index contributed by atoms with van der Waals surface area (Å²) in [5, 5.41) is 8.80. The standard InChI is InChI=1S/C10H11F2NO2/c11-6-3-8-5(1-2-15-8)10(12)9(6)7(13)4-14/h3,7,14H,1-2,4,13H2. The van der Waals surface area contributed by atoms with Gasteiger partial charge in [-0.05, 0) is 0 Å². The van der Waals surface area contributed by atoms with Crippen molar-refractivity contribution in [2.75, 3.05) is 13.2 Å². The molecule has 1 unspecified atom stereocenters. The molecule has 0 aliphatic carbocycles. The molecule has 0 saturated carbocycles. The van der Waals surface area contributed by atoms with E-state index >= 15 is 0 Å². The van der Waals surface area contributed by atoms with Gasteiger partial charge in [-0.2, -0.15) is 0 Å². The Morgan fingerprint density at radius 2 is 2.27 bits per heavy atom. The smallest absolute Gasteiger partial charge is 0.138 e. The summed E-state index contributed by atoms with van der Waals surface area (Å²) in [6.45, 7) is -0.142. The molecule has 0 spiro atoms. The maximum absolute atomic E-state index is 13.8. The first-order chi connectivity index (χ1) is 7.15. The number of hydrogen-bond acceptors (Lipinski definition) is 3. The number of halogens is 2. The molecule has 1 atom stereocenters. The van der Waals surface area contributed by atoms with Gasteiger partial charge in [-0.25, -0.2) is 8.78 Å². The summed E-state index contributed by atoms with van der Waals surface area (Å²) >= 11 is 0. The SMILES string of the molecule is NC(CO)c1c(F)cc2c(c1F)CCO2. The van der Waals surface area contributed by atoms with Crippen LogP contribution in [0.1, 0.15) is 17.2 Å². The molecular formula is C10H11F2NO2. The molecule has 1 aliphatic rings. The third-order valence-corrected chi connectivity index (χ3v) is 2.49. The van der Waals surface area contributed by atoms with Crippen molar-refractivity contribution < 1.29 is 18.6 Å². The van der Waals surface area contributed by atoms with Gasteiger partial charge in [0, 0.05) is 23.6 Å². The second-order valence-corrected chi connectivity index (χ2v) is 3.45. The number of benzene rings is 1. The Labute approximate surface area is 85.5 Å². The normalized spacial score (nSPS) is 16.0. The van der Waals surface area contributed by atoms with Gasteiger partial charge in [-0.3, -0.25) is 0 Å². The third kappa shape index (κ3) is 1.57. The van der Waals surface area contributed by atoms with Crippen LogP contribution in [0.5, 0.6) is 5.75 Å². The van der Waals surface area contributed by atoms with Crippen LogP contribution in [-0.4, -0.2) is 18.3 Å². The summed E-state index contributed by atoms with van der Waals surface area (Å²) in [6, 6.07) is 0.0897. The highest BCUT2D eigenvalue weighted by Gasteiger charge is 2.25. The van der Waals surface area contributed by atoms with Gasteiger partial charge in [0.05, 0.1) is 19.3 Å². The van der Waals surface area contributed by atoms with Gasteiger partial charge < -0.3 is 15.6 Å². The van der Waals surface area contributed by atoms with Crippen LogP contribution in [0.3, 0.4) is 0 Å². The van der Waals surface area contributed by atoms with Gasteiger partial charge in [0.1, 0.15) is 17.4 Å². The molecule has 5 heteroatoms. The quantitative estimate of drug-likeness (QED) is 0.770. The van der Waals surface area contributed by atoms with Gasteiger partial charge in [-0.15, -0.1) is 0 Å². The van der Waals surface area contributed by atoms with Crippen LogP contribution in [0.15, 0.2) is 6.07 Å².